The first-order valence-corrected chi connectivity index (χ1v) is 7.23. The molecule has 0 bridgehead atoms. The highest BCUT2D eigenvalue weighted by Crippen LogP contribution is 2.32. The number of nitrogens with zero attached hydrogens (tertiary/aromatic N) is 2. The van der Waals surface area contributed by atoms with Crippen molar-refractivity contribution in [2.45, 2.75) is 13.1 Å². The van der Waals surface area contributed by atoms with Crippen molar-refractivity contribution in [2.75, 3.05) is 20.6 Å². The van der Waals surface area contributed by atoms with E-state index in [0.717, 1.165) is 12.1 Å². The zero-order chi connectivity index (χ0) is 18.8. The molecule has 1 heterocycles. The van der Waals surface area contributed by atoms with Crippen LogP contribution in [-0.2, 0) is 11.0 Å². The van der Waals surface area contributed by atoms with E-state index in [4.69, 9.17) is 4.52 Å². The van der Waals surface area contributed by atoms with Gasteiger partial charge >= 0.3 is 6.18 Å². The van der Waals surface area contributed by atoms with Crippen LogP contribution in [0.25, 0.3) is 11.3 Å². The number of carbonyl (C=O) groups is 2. The van der Waals surface area contributed by atoms with Gasteiger partial charge in [0, 0.05) is 19.7 Å². The van der Waals surface area contributed by atoms with Crippen LogP contribution >= 0.6 is 0 Å². The van der Waals surface area contributed by atoms with Crippen LogP contribution in [0.15, 0.2) is 28.8 Å². The van der Waals surface area contributed by atoms with E-state index in [2.05, 4.69) is 10.5 Å². The van der Waals surface area contributed by atoms with Crippen LogP contribution < -0.4 is 5.32 Å². The van der Waals surface area contributed by atoms with Gasteiger partial charge in [0.15, 0.2) is 0 Å². The fourth-order valence-corrected chi connectivity index (χ4v) is 2.06. The average molecular weight is 355 g/mol. The molecule has 0 fully saturated rings. The van der Waals surface area contributed by atoms with Crippen LogP contribution in [0.2, 0.25) is 0 Å². The molecular weight excluding hydrogens is 339 g/mol. The van der Waals surface area contributed by atoms with E-state index >= 15 is 0 Å². The highest BCUT2D eigenvalue weighted by atomic mass is 19.4. The standard InChI is InChI=1S/C16H16F3N3O3/c1-9-13(15(24)20-8-12(23)22(2)3)14(21-25-9)10-4-6-11(7-5-10)16(17,18)19/h4-7H,8H2,1-3H3,(H,20,24). The molecule has 0 saturated heterocycles. The Labute approximate surface area is 141 Å². The van der Waals surface area contributed by atoms with Crippen molar-refractivity contribution in [3.63, 3.8) is 0 Å². The van der Waals surface area contributed by atoms with E-state index in [-0.39, 0.29) is 29.5 Å². The summed E-state index contributed by atoms with van der Waals surface area (Å²) in [6, 6.07) is 4.22. The molecule has 2 amide bonds. The zero-order valence-corrected chi connectivity index (χ0v) is 13.8. The number of amides is 2. The number of rotatable bonds is 4. The molecule has 0 aliphatic heterocycles. The summed E-state index contributed by atoms with van der Waals surface area (Å²) >= 11 is 0. The number of nitrogens with one attached hydrogen (secondary N) is 1. The number of aromatic nitrogens is 1. The van der Waals surface area contributed by atoms with Crippen LogP contribution in [0.4, 0.5) is 13.2 Å². The van der Waals surface area contributed by atoms with Gasteiger partial charge < -0.3 is 14.7 Å². The van der Waals surface area contributed by atoms with Gasteiger partial charge in [-0.05, 0) is 19.1 Å². The predicted molar refractivity (Wildman–Crippen MR) is 82.7 cm³/mol. The smallest absolute Gasteiger partial charge is 0.360 e. The third kappa shape index (κ3) is 4.17. The first-order valence-electron chi connectivity index (χ1n) is 7.23. The second-order valence-corrected chi connectivity index (χ2v) is 5.51. The number of halogens is 3. The molecule has 1 aromatic heterocycles. The van der Waals surface area contributed by atoms with Gasteiger partial charge in [-0.25, -0.2) is 0 Å². The fraction of sp³-hybridized carbons (Fsp3) is 0.312. The van der Waals surface area contributed by atoms with Gasteiger partial charge in [0.05, 0.1) is 12.1 Å². The van der Waals surface area contributed by atoms with Gasteiger partial charge in [0.25, 0.3) is 5.91 Å². The van der Waals surface area contributed by atoms with Crippen molar-refractivity contribution in [2.24, 2.45) is 0 Å². The lowest BCUT2D eigenvalue weighted by Gasteiger charge is -2.11. The summed E-state index contributed by atoms with van der Waals surface area (Å²) in [5.41, 5.74) is -0.319. The van der Waals surface area contributed by atoms with Crippen molar-refractivity contribution in [3.8, 4) is 11.3 Å². The van der Waals surface area contributed by atoms with Gasteiger partial charge in [-0.2, -0.15) is 13.2 Å². The molecule has 0 aliphatic rings. The van der Waals surface area contributed by atoms with Crippen LogP contribution in [0, 0.1) is 6.92 Å². The summed E-state index contributed by atoms with van der Waals surface area (Å²) in [5.74, 6) is -0.702. The minimum atomic E-state index is -4.45. The molecular formula is C16H16F3N3O3. The number of hydrogen-bond donors (Lipinski definition) is 1. The molecule has 0 aliphatic carbocycles. The van der Waals surface area contributed by atoms with Crippen molar-refractivity contribution in [1.29, 1.82) is 0 Å². The number of carbonyl (C=O) groups excluding carboxylic acids is 2. The largest absolute Gasteiger partial charge is 0.416 e. The maximum Gasteiger partial charge on any atom is 0.416 e. The van der Waals surface area contributed by atoms with Crippen molar-refractivity contribution in [3.05, 3.63) is 41.2 Å². The summed E-state index contributed by atoms with van der Waals surface area (Å²) in [4.78, 5) is 25.2. The molecule has 1 aromatic carbocycles. The second kappa shape index (κ2) is 6.96. The van der Waals surface area contributed by atoms with E-state index in [1.54, 1.807) is 14.1 Å². The number of hydrogen-bond acceptors (Lipinski definition) is 4. The van der Waals surface area contributed by atoms with E-state index in [0.29, 0.717) is 5.56 Å². The Kier molecular flexibility index (Phi) is 5.15. The Morgan fingerprint density at radius 1 is 1.20 bits per heavy atom. The maximum atomic E-state index is 12.6. The van der Waals surface area contributed by atoms with Gasteiger partial charge in [0.1, 0.15) is 17.0 Å². The Balaban J connectivity index is 2.27. The molecule has 0 unspecified atom stereocenters. The monoisotopic (exact) mass is 355 g/mol. The minimum Gasteiger partial charge on any atom is -0.360 e. The molecule has 6 nitrogen and oxygen atoms in total. The SMILES string of the molecule is Cc1onc(-c2ccc(C(F)(F)F)cc2)c1C(=O)NCC(=O)N(C)C. The number of alkyl halides is 3. The van der Waals surface area contributed by atoms with E-state index in [1.807, 2.05) is 0 Å². The van der Waals surface area contributed by atoms with Gasteiger partial charge in [-0.3, -0.25) is 9.59 Å². The van der Waals surface area contributed by atoms with Crippen molar-refractivity contribution >= 4 is 11.8 Å². The van der Waals surface area contributed by atoms with Crippen LogP contribution in [0.1, 0.15) is 21.7 Å². The summed E-state index contributed by atoms with van der Waals surface area (Å²) in [5, 5.41) is 6.19. The Morgan fingerprint density at radius 2 is 1.80 bits per heavy atom. The normalized spacial score (nSPS) is 11.3. The molecule has 2 rings (SSSR count). The van der Waals surface area contributed by atoms with Crippen LogP contribution in [-0.4, -0.2) is 42.5 Å². The summed E-state index contributed by atoms with van der Waals surface area (Å²) < 4.78 is 42.9. The van der Waals surface area contributed by atoms with Crippen LogP contribution in [0.5, 0.6) is 0 Å². The molecule has 134 valence electrons. The van der Waals surface area contributed by atoms with E-state index < -0.39 is 17.6 Å². The lowest BCUT2D eigenvalue weighted by molar-refractivity contribution is -0.137. The molecule has 0 radical (unpaired) electrons. The van der Waals surface area contributed by atoms with Crippen molar-refractivity contribution in [1.82, 2.24) is 15.4 Å². The Hall–Kier alpha value is -2.84. The summed E-state index contributed by atoms with van der Waals surface area (Å²) in [6.07, 6.45) is -4.45. The predicted octanol–water partition coefficient (Wildman–Crippen LogP) is 2.49. The molecule has 0 saturated carbocycles. The molecule has 1 N–H and O–H groups in total. The topological polar surface area (TPSA) is 75.4 Å². The molecule has 0 spiro atoms. The minimum absolute atomic E-state index is 0.0753. The zero-order valence-electron chi connectivity index (χ0n) is 13.8. The van der Waals surface area contributed by atoms with Gasteiger partial charge in [-0.1, -0.05) is 17.3 Å². The average Bonchev–Trinajstić information content (AvgIpc) is 2.93. The molecule has 2 aromatic rings. The Morgan fingerprint density at radius 3 is 2.32 bits per heavy atom. The van der Waals surface area contributed by atoms with E-state index in [9.17, 15) is 22.8 Å². The maximum absolute atomic E-state index is 12.6. The first kappa shape index (κ1) is 18.5. The summed E-state index contributed by atoms with van der Waals surface area (Å²) in [7, 11) is 3.10. The van der Waals surface area contributed by atoms with E-state index in [1.165, 1.54) is 24.0 Å². The lowest BCUT2D eigenvalue weighted by atomic mass is 10.0. The second-order valence-electron chi connectivity index (χ2n) is 5.51. The van der Waals surface area contributed by atoms with Gasteiger partial charge in [0.2, 0.25) is 5.91 Å². The highest BCUT2D eigenvalue weighted by Gasteiger charge is 2.30. The number of aryl methyl sites for hydroxylation is 1. The Bertz CT molecular complexity index is 780. The fourth-order valence-electron chi connectivity index (χ4n) is 2.06. The van der Waals surface area contributed by atoms with Crippen LogP contribution in [0.3, 0.4) is 0 Å². The quantitative estimate of drug-likeness (QED) is 0.914. The number of likely N-dealkylation sites (N-methyl/N-ethyl adjacent to an activating group) is 1. The van der Waals surface area contributed by atoms with Gasteiger partial charge in [-0.15, -0.1) is 0 Å². The highest BCUT2D eigenvalue weighted by molar-refractivity contribution is 6.02. The first-order chi connectivity index (χ1) is 11.6. The number of benzene rings is 1. The third-order valence-electron chi connectivity index (χ3n) is 3.47. The molecule has 9 heteroatoms. The molecule has 0 atom stereocenters. The summed E-state index contributed by atoms with van der Waals surface area (Å²) in [6.45, 7) is 1.28. The van der Waals surface area contributed by atoms with Crippen molar-refractivity contribution < 1.29 is 27.3 Å². The third-order valence-corrected chi connectivity index (χ3v) is 3.47. The lowest BCUT2D eigenvalue weighted by Crippen LogP contribution is -2.36. The molecule has 25 heavy (non-hydrogen) atoms.